The lowest BCUT2D eigenvalue weighted by molar-refractivity contribution is -0.0761. The Kier molecular flexibility index (Phi) is 5.03. The fourth-order valence-electron chi connectivity index (χ4n) is 3.90. The number of rotatable bonds is 4. The van der Waals surface area contributed by atoms with Crippen molar-refractivity contribution in [2.24, 2.45) is 5.92 Å². The summed E-state index contributed by atoms with van der Waals surface area (Å²) < 4.78 is 37.5. The molecule has 0 aliphatic carbocycles. The number of halogens is 2. The summed E-state index contributed by atoms with van der Waals surface area (Å²) in [6.45, 7) is 4.51. The zero-order valence-electron chi connectivity index (χ0n) is 16.7. The minimum Gasteiger partial charge on any atom is -0.391 e. The smallest absolute Gasteiger partial charge is 0.256 e. The maximum atomic E-state index is 15.5. The standard InChI is InChI=1S/C21H22F2N4O3/c1-11-16(12(2)28)30-20(21(11,3)23)27-9-14(22)15-17(24-10-25-18(15)27)26-19(29)13-7-5-4-6-8-13/h4-12,16,20,28H,1-3H3,(H,24,25,26,29)/t11-,12?,16+,20-,21-/m1/s1. The summed E-state index contributed by atoms with van der Waals surface area (Å²) in [6.07, 6.45) is -0.616. The van der Waals surface area contributed by atoms with Crippen LogP contribution in [0.3, 0.4) is 0 Å². The van der Waals surface area contributed by atoms with Gasteiger partial charge in [-0.15, -0.1) is 0 Å². The lowest BCUT2D eigenvalue weighted by atomic mass is 9.88. The van der Waals surface area contributed by atoms with Crippen LogP contribution in [-0.2, 0) is 4.74 Å². The van der Waals surface area contributed by atoms with Gasteiger partial charge in [-0.25, -0.2) is 18.7 Å². The molecule has 30 heavy (non-hydrogen) atoms. The third-order valence-corrected chi connectivity index (χ3v) is 5.71. The molecule has 1 aliphatic rings. The number of amides is 1. The number of nitrogens with zero attached hydrogens (tertiary/aromatic N) is 3. The van der Waals surface area contributed by atoms with Crippen molar-refractivity contribution in [3.8, 4) is 0 Å². The number of carbonyl (C=O) groups is 1. The monoisotopic (exact) mass is 416 g/mol. The number of ether oxygens (including phenoxy) is 1. The molecular formula is C21H22F2N4O3. The van der Waals surface area contributed by atoms with Crippen LogP contribution < -0.4 is 5.32 Å². The second kappa shape index (κ2) is 7.41. The fourth-order valence-corrected chi connectivity index (χ4v) is 3.90. The van der Waals surface area contributed by atoms with Gasteiger partial charge in [0.25, 0.3) is 5.91 Å². The molecule has 158 valence electrons. The number of aliphatic hydroxyl groups excluding tert-OH is 1. The highest BCUT2D eigenvalue weighted by molar-refractivity contribution is 6.07. The molecule has 2 N–H and O–H groups in total. The minimum absolute atomic E-state index is 0.0243. The molecule has 1 fully saturated rings. The maximum Gasteiger partial charge on any atom is 0.256 e. The van der Waals surface area contributed by atoms with E-state index >= 15 is 4.39 Å². The summed E-state index contributed by atoms with van der Waals surface area (Å²) in [6, 6.07) is 8.43. The molecular weight excluding hydrogens is 394 g/mol. The topological polar surface area (TPSA) is 89.3 Å². The summed E-state index contributed by atoms with van der Waals surface area (Å²) in [5.41, 5.74) is -1.43. The van der Waals surface area contributed by atoms with Crippen molar-refractivity contribution in [1.29, 1.82) is 0 Å². The molecule has 3 aromatic rings. The molecule has 1 aliphatic heterocycles. The van der Waals surface area contributed by atoms with Gasteiger partial charge >= 0.3 is 0 Å². The zero-order valence-corrected chi connectivity index (χ0v) is 16.7. The average Bonchev–Trinajstić information content (AvgIpc) is 3.17. The molecule has 1 amide bonds. The van der Waals surface area contributed by atoms with Gasteiger partial charge in [-0.05, 0) is 26.0 Å². The number of alkyl halides is 1. The van der Waals surface area contributed by atoms with Gasteiger partial charge in [0, 0.05) is 17.7 Å². The van der Waals surface area contributed by atoms with Crippen LogP contribution in [0.4, 0.5) is 14.6 Å². The minimum atomic E-state index is -1.89. The largest absolute Gasteiger partial charge is 0.391 e. The number of hydrogen-bond acceptors (Lipinski definition) is 5. The van der Waals surface area contributed by atoms with Gasteiger partial charge in [-0.2, -0.15) is 0 Å². The van der Waals surface area contributed by atoms with Gasteiger partial charge in [0.2, 0.25) is 0 Å². The summed E-state index contributed by atoms with van der Waals surface area (Å²) in [5.74, 6) is -1.84. The van der Waals surface area contributed by atoms with Crippen molar-refractivity contribution in [3.63, 3.8) is 0 Å². The van der Waals surface area contributed by atoms with E-state index in [9.17, 15) is 14.3 Å². The number of aliphatic hydroxyl groups is 1. The fraction of sp³-hybridized carbons (Fsp3) is 0.381. The summed E-state index contributed by atoms with van der Waals surface area (Å²) in [4.78, 5) is 20.6. The molecule has 9 heteroatoms. The zero-order chi connectivity index (χ0) is 21.6. The van der Waals surface area contributed by atoms with E-state index in [1.165, 1.54) is 24.7 Å². The highest BCUT2D eigenvalue weighted by atomic mass is 19.1. The van der Waals surface area contributed by atoms with Crippen molar-refractivity contribution in [1.82, 2.24) is 14.5 Å². The normalized spacial score (nSPS) is 27.3. The van der Waals surface area contributed by atoms with Crippen LogP contribution in [0, 0.1) is 11.7 Å². The van der Waals surface area contributed by atoms with E-state index in [1.807, 2.05) is 0 Å². The van der Waals surface area contributed by atoms with E-state index in [2.05, 4.69) is 15.3 Å². The van der Waals surface area contributed by atoms with Crippen LogP contribution in [-0.4, -0.2) is 43.4 Å². The van der Waals surface area contributed by atoms with Gasteiger partial charge in [-0.3, -0.25) is 9.36 Å². The second-order valence-corrected chi connectivity index (χ2v) is 7.76. The van der Waals surface area contributed by atoms with Crippen LogP contribution in [0.1, 0.15) is 37.4 Å². The van der Waals surface area contributed by atoms with Crippen molar-refractivity contribution in [2.75, 3.05) is 5.32 Å². The number of benzene rings is 1. The first-order valence-corrected chi connectivity index (χ1v) is 9.61. The number of carbonyl (C=O) groups excluding carboxylic acids is 1. The van der Waals surface area contributed by atoms with Crippen LogP contribution in [0.15, 0.2) is 42.9 Å². The Morgan fingerprint density at radius 1 is 1.33 bits per heavy atom. The van der Waals surface area contributed by atoms with Crippen molar-refractivity contribution < 1.29 is 23.4 Å². The van der Waals surface area contributed by atoms with Crippen LogP contribution >= 0.6 is 0 Å². The molecule has 1 aromatic carbocycles. The molecule has 0 radical (unpaired) electrons. The Hall–Kier alpha value is -2.91. The molecule has 5 atom stereocenters. The van der Waals surface area contributed by atoms with Crippen molar-refractivity contribution >= 4 is 22.8 Å². The first kappa shape index (κ1) is 20.4. The van der Waals surface area contributed by atoms with E-state index in [-0.39, 0.29) is 16.9 Å². The van der Waals surface area contributed by atoms with E-state index < -0.39 is 41.7 Å². The molecule has 2 aromatic heterocycles. The Labute approximate surface area is 171 Å². The van der Waals surface area contributed by atoms with Gasteiger partial charge in [0.1, 0.15) is 12.1 Å². The quantitative estimate of drug-likeness (QED) is 0.680. The molecule has 4 rings (SSSR count). The molecule has 1 unspecified atom stereocenters. The second-order valence-electron chi connectivity index (χ2n) is 7.76. The Morgan fingerprint density at radius 2 is 2.03 bits per heavy atom. The summed E-state index contributed by atoms with van der Waals surface area (Å²) in [5, 5.41) is 12.5. The highest BCUT2D eigenvalue weighted by Gasteiger charge is 2.54. The first-order valence-electron chi connectivity index (χ1n) is 9.61. The van der Waals surface area contributed by atoms with Gasteiger partial charge in [0.05, 0.1) is 17.6 Å². The third kappa shape index (κ3) is 3.23. The molecule has 7 nitrogen and oxygen atoms in total. The average molecular weight is 416 g/mol. The lowest BCUT2D eigenvalue weighted by Gasteiger charge is -2.26. The number of anilines is 1. The third-order valence-electron chi connectivity index (χ3n) is 5.71. The first-order chi connectivity index (χ1) is 14.2. The number of aromatic nitrogens is 3. The van der Waals surface area contributed by atoms with E-state index in [4.69, 9.17) is 4.74 Å². The number of fused-ring (bicyclic) bond motifs is 1. The Balaban J connectivity index is 1.74. The van der Waals surface area contributed by atoms with Crippen LogP contribution in [0.25, 0.3) is 11.0 Å². The Bertz CT molecular complexity index is 1080. The molecule has 0 bridgehead atoms. The van der Waals surface area contributed by atoms with E-state index in [1.54, 1.807) is 37.3 Å². The lowest BCUT2D eigenvalue weighted by Crippen LogP contribution is -2.35. The van der Waals surface area contributed by atoms with E-state index in [0.717, 1.165) is 6.20 Å². The van der Waals surface area contributed by atoms with Crippen molar-refractivity contribution in [3.05, 3.63) is 54.2 Å². The number of nitrogens with one attached hydrogen (secondary N) is 1. The van der Waals surface area contributed by atoms with Crippen molar-refractivity contribution in [2.45, 2.75) is 44.9 Å². The predicted molar refractivity (Wildman–Crippen MR) is 106 cm³/mol. The molecule has 0 spiro atoms. The number of hydrogen-bond donors (Lipinski definition) is 2. The molecule has 0 saturated carbocycles. The predicted octanol–water partition coefficient (Wildman–Crippen LogP) is 3.47. The summed E-state index contributed by atoms with van der Waals surface area (Å²) >= 11 is 0. The Morgan fingerprint density at radius 3 is 2.67 bits per heavy atom. The van der Waals surface area contributed by atoms with Gasteiger partial charge in [0.15, 0.2) is 23.4 Å². The maximum absolute atomic E-state index is 15.5. The van der Waals surface area contributed by atoms with Gasteiger partial charge in [-0.1, -0.05) is 25.1 Å². The van der Waals surface area contributed by atoms with E-state index in [0.29, 0.717) is 5.56 Å². The van der Waals surface area contributed by atoms with Crippen LogP contribution in [0.2, 0.25) is 0 Å². The molecule has 3 heterocycles. The van der Waals surface area contributed by atoms with Crippen LogP contribution in [0.5, 0.6) is 0 Å². The highest BCUT2D eigenvalue weighted by Crippen LogP contribution is 2.47. The SMILES string of the molecule is CC(O)[C@H]1O[C@@H](n2cc(F)c3c(NC(=O)c4ccccc4)ncnc32)[C@](C)(F)[C@@H]1C. The summed E-state index contributed by atoms with van der Waals surface area (Å²) in [7, 11) is 0. The molecule has 1 saturated heterocycles. The van der Waals surface area contributed by atoms with Gasteiger partial charge < -0.3 is 15.2 Å².